The third-order valence-electron chi connectivity index (χ3n) is 6.73. The number of hydrogen-bond donors (Lipinski definition) is 1. The molecular weight excluding hydrogens is 446 g/mol. The number of amides is 2. The van der Waals surface area contributed by atoms with Gasteiger partial charge < -0.3 is 15.0 Å². The molecule has 2 fully saturated rings. The molecule has 0 aliphatic carbocycles. The number of ether oxygens (including phenoxy) is 1. The smallest absolute Gasteiger partial charge is 0.252 e. The first-order valence-corrected chi connectivity index (χ1v) is 13.3. The Morgan fingerprint density at radius 3 is 2.32 bits per heavy atom. The van der Waals surface area contributed by atoms with Crippen LogP contribution in [-0.2, 0) is 4.79 Å². The zero-order chi connectivity index (χ0) is 23.8. The minimum Gasteiger partial charge on any atom is -0.497 e. The standard InChI is InChI=1S/C27H35N3O3S/c1-33-22-13-11-21(12-14-22)24(29-15-5-2-6-16-29)19-28-27(32)23-9-3-4-10-25(23)34-20-26(31)30-17-7-8-18-30/h3-4,9-14,24H,2,5-8,15-20H2,1H3,(H,28,32)/t24-/m0/s1. The van der Waals surface area contributed by atoms with Gasteiger partial charge in [0.1, 0.15) is 5.75 Å². The van der Waals surface area contributed by atoms with Crippen molar-refractivity contribution >= 4 is 23.6 Å². The Kier molecular flexibility index (Phi) is 8.88. The lowest BCUT2D eigenvalue weighted by Gasteiger charge is -2.35. The summed E-state index contributed by atoms with van der Waals surface area (Å²) in [5.41, 5.74) is 1.82. The van der Waals surface area contributed by atoms with Gasteiger partial charge in [-0.25, -0.2) is 0 Å². The molecule has 2 heterocycles. The fourth-order valence-electron chi connectivity index (χ4n) is 4.78. The highest BCUT2D eigenvalue weighted by atomic mass is 32.2. The molecule has 7 heteroatoms. The summed E-state index contributed by atoms with van der Waals surface area (Å²) in [4.78, 5) is 31.0. The van der Waals surface area contributed by atoms with Gasteiger partial charge in [-0.2, -0.15) is 0 Å². The van der Waals surface area contributed by atoms with Crippen molar-refractivity contribution in [3.05, 3.63) is 59.7 Å². The highest BCUT2D eigenvalue weighted by Gasteiger charge is 2.24. The van der Waals surface area contributed by atoms with Gasteiger partial charge >= 0.3 is 0 Å². The Hall–Kier alpha value is -2.51. The second-order valence-corrected chi connectivity index (χ2v) is 9.99. The maximum atomic E-state index is 13.2. The van der Waals surface area contributed by atoms with Crippen LogP contribution in [0.2, 0.25) is 0 Å². The monoisotopic (exact) mass is 481 g/mol. The van der Waals surface area contributed by atoms with Crippen LogP contribution in [0.1, 0.15) is 54.1 Å². The van der Waals surface area contributed by atoms with Gasteiger partial charge in [-0.3, -0.25) is 14.5 Å². The van der Waals surface area contributed by atoms with Crippen molar-refractivity contribution in [1.29, 1.82) is 0 Å². The number of piperidine rings is 1. The van der Waals surface area contributed by atoms with Crippen LogP contribution in [0.15, 0.2) is 53.4 Å². The van der Waals surface area contributed by atoms with Crippen molar-refractivity contribution in [2.75, 3.05) is 45.6 Å². The molecule has 0 unspecified atom stereocenters. The van der Waals surface area contributed by atoms with Gasteiger partial charge in [0.05, 0.1) is 24.5 Å². The number of carbonyl (C=O) groups is 2. The largest absolute Gasteiger partial charge is 0.497 e. The first-order chi connectivity index (χ1) is 16.7. The molecule has 1 atom stereocenters. The van der Waals surface area contributed by atoms with E-state index in [1.165, 1.54) is 36.6 Å². The van der Waals surface area contributed by atoms with Crippen molar-refractivity contribution in [2.45, 2.75) is 43.0 Å². The molecule has 2 aromatic rings. The Labute approximate surface area is 207 Å². The maximum absolute atomic E-state index is 13.2. The van der Waals surface area contributed by atoms with Crippen molar-refractivity contribution in [1.82, 2.24) is 15.1 Å². The third kappa shape index (κ3) is 6.33. The van der Waals surface area contributed by atoms with Gasteiger partial charge in [-0.15, -0.1) is 11.8 Å². The molecule has 1 N–H and O–H groups in total. The van der Waals surface area contributed by atoms with Gasteiger partial charge in [0, 0.05) is 24.5 Å². The van der Waals surface area contributed by atoms with E-state index in [0.29, 0.717) is 17.9 Å². The van der Waals surface area contributed by atoms with Crippen LogP contribution in [0.3, 0.4) is 0 Å². The minimum atomic E-state index is -0.0905. The summed E-state index contributed by atoms with van der Waals surface area (Å²) in [6.07, 6.45) is 5.80. The summed E-state index contributed by atoms with van der Waals surface area (Å²) in [6, 6.07) is 15.9. The fourth-order valence-corrected chi connectivity index (χ4v) is 5.73. The van der Waals surface area contributed by atoms with E-state index in [-0.39, 0.29) is 17.9 Å². The normalized spacial score (nSPS) is 17.4. The Morgan fingerprint density at radius 1 is 0.941 bits per heavy atom. The summed E-state index contributed by atoms with van der Waals surface area (Å²) in [7, 11) is 1.67. The molecule has 0 bridgehead atoms. The van der Waals surface area contributed by atoms with Crippen LogP contribution < -0.4 is 10.1 Å². The zero-order valence-corrected chi connectivity index (χ0v) is 20.8. The molecule has 0 saturated carbocycles. The molecular formula is C27H35N3O3S. The lowest BCUT2D eigenvalue weighted by Crippen LogP contribution is -2.40. The molecule has 6 nitrogen and oxygen atoms in total. The Morgan fingerprint density at radius 2 is 1.62 bits per heavy atom. The van der Waals surface area contributed by atoms with Crippen LogP contribution >= 0.6 is 11.8 Å². The van der Waals surface area contributed by atoms with Crippen molar-refractivity contribution < 1.29 is 14.3 Å². The van der Waals surface area contributed by atoms with Crippen LogP contribution in [0, 0.1) is 0 Å². The maximum Gasteiger partial charge on any atom is 0.252 e. The van der Waals surface area contributed by atoms with Crippen LogP contribution in [0.5, 0.6) is 5.75 Å². The molecule has 182 valence electrons. The summed E-state index contributed by atoms with van der Waals surface area (Å²) in [5.74, 6) is 1.27. The van der Waals surface area contributed by atoms with Crippen molar-refractivity contribution in [3.63, 3.8) is 0 Å². The third-order valence-corrected chi connectivity index (χ3v) is 7.79. The number of hydrogen-bond acceptors (Lipinski definition) is 5. The lowest BCUT2D eigenvalue weighted by molar-refractivity contribution is -0.127. The van der Waals surface area contributed by atoms with Crippen LogP contribution in [0.4, 0.5) is 0 Å². The summed E-state index contributed by atoms with van der Waals surface area (Å²) >= 11 is 1.46. The topological polar surface area (TPSA) is 61.9 Å². The average Bonchev–Trinajstić information content (AvgIpc) is 3.44. The van der Waals surface area contributed by atoms with Gasteiger partial charge in [0.15, 0.2) is 0 Å². The zero-order valence-electron chi connectivity index (χ0n) is 20.0. The highest BCUT2D eigenvalue weighted by Crippen LogP contribution is 2.27. The number of nitrogens with one attached hydrogen (secondary N) is 1. The van der Waals surface area contributed by atoms with E-state index in [1.54, 1.807) is 7.11 Å². The van der Waals surface area contributed by atoms with Gasteiger partial charge in [0.2, 0.25) is 5.91 Å². The molecule has 2 aromatic carbocycles. The van der Waals surface area contributed by atoms with E-state index in [0.717, 1.165) is 49.7 Å². The highest BCUT2D eigenvalue weighted by molar-refractivity contribution is 8.00. The minimum absolute atomic E-state index is 0.0905. The molecule has 0 aromatic heterocycles. The lowest BCUT2D eigenvalue weighted by atomic mass is 10.0. The Bertz CT molecular complexity index is 954. The second kappa shape index (κ2) is 12.3. The van der Waals surface area contributed by atoms with Crippen LogP contribution in [-0.4, -0.2) is 67.2 Å². The second-order valence-electron chi connectivity index (χ2n) is 8.97. The SMILES string of the molecule is COc1ccc([C@H](CNC(=O)c2ccccc2SCC(=O)N2CCCC2)N2CCCCC2)cc1. The fraction of sp³-hybridized carbons (Fsp3) is 0.481. The molecule has 2 amide bonds. The molecule has 34 heavy (non-hydrogen) atoms. The first kappa shape index (κ1) is 24.6. The molecule has 2 saturated heterocycles. The molecule has 0 radical (unpaired) electrons. The number of benzene rings is 2. The predicted molar refractivity (Wildman–Crippen MR) is 136 cm³/mol. The number of nitrogens with zero attached hydrogens (tertiary/aromatic N) is 2. The number of methoxy groups -OCH3 is 1. The summed E-state index contributed by atoms with van der Waals surface area (Å²) in [5, 5.41) is 3.19. The molecule has 0 spiro atoms. The van der Waals surface area contributed by atoms with Crippen molar-refractivity contribution in [2.24, 2.45) is 0 Å². The van der Waals surface area contributed by atoms with Gasteiger partial charge in [0.25, 0.3) is 5.91 Å². The summed E-state index contributed by atoms with van der Waals surface area (Å²) in [6.45, 7) is 4.32. The van der Waals surface area contributed by atoms with E-state index < -0.39 is 0 Å². The number of carbonyl (C=O) groups excluding carboxylic acids is 2. The predicted octanol–water partition coefficient (Wildman–Crippen LogP) is 4.37. The van der Waals surface area contributed by atoms with Crippen molar-refractivity contribution in [3.8, 4) is 5.75 Å². The Balaban J connectivity index is 1.42. The molecule has 2 aliphatic heterocycles. The van der Waals surface area contributed by atoms with E-state index in [4.69, 9.17) is 4.74 Å². The quantitative estimate of drug-likeness (QED) is 0.539. The van der Waals surface area contributed by atoms with Crippen LogP contribution in [0.25, 0.3) is 0 Å². The van der Waals surface area contributed by atoms with E-state index in [9.17, 15) is 9.59 Å². The van der Waals surface area contributed by atoms with E-state index >= 15 is 0 Å². The average molecular weight is 482 g/mol. The molecule has 2 aliphatic rings. The van der Waals surface area contributed by atoms with E-state index in [2.05, 4.69) is 22.3 Å². The number of rotatable bonds is 9. The summed E-state index contributed by atoms with van der Waals surface area (Å²) < 4.78 is 5.32. The van der Waals surface area contributed by atoms with Gasteiger partial charge in [-0.05, 0) is 68.6 Å². The number of thioether (sulfide) groups is 1. The first-order valence-electron chi connectivity index (χ1n) is 12.3. The number of likely N-dealkylation sites (tertiary alicyclic amines) is 2. The van der Waals surface area contributed by atoms with Gasteiger partial charge in [-0.1, -0.05) is 30.7 Å². The molecule has 4 rings (SSSR count). The van der Waals surface area contributed by atoms with E-state index in [1.807, 2.05) is 41.3 Å².